The number of hydrogen-bond donors (Lipinski definition) is 0. The Morgan fingerprint density at radius 3 is 2.60 bits per heavy atom. The van der Waals surface area contributed by atoms with Gasteiger partial charge in [-0.2, -0.15) is 5.10 Å². The van der Waals surface area contributed by atoms with Crippen molar-refractivity contribution in [2.45, 2.75) is 25.9 Å². The molecule has 132 valence electrons. The van der Waals surface area contributed by atoms with Gasteiger partial charge in [-0.1, -0.05) is 18.2 Å². The normalized spacial score (nSPS) is 17.1. The maximum absolute atomic E-state index is 12.8. The molecule has 1 aromatic heterocycles. The topological polar surface area (TPSA) is 80.4 Å². The molecule has 2 amide bonds. The van der Waals surface area contributed by atoms with E-state index in [4.69, 9.17) is 0 Å². The monoisotopic (exact) mass is 343 g/mol. The third-order valence-corrected chi connectivity index (χ3v) is 4.45. The van der Waals surface area contributed by atoms with Crippen LogP contribution in [0.4, 0.5) is 5.69 Å². The lowest BCUT2D eigenvalue weighted by molar-refractivity contribution is -0.138. The van der Waals surface area contributed by atoms with Crippen molar-refractivity contribution in [3.63, 3.8) is 0 Å². The molecule has 1 saturated heterocycles. The van der Waals surface area contributed by atoms with Gasteiger partial charge < -0.3 is 9.80 Å². The van der Waals surface area contributed by atoms with Gasteiger partial charge in [-0.15, -0.1) is 0 Å². The molecule has 1 atom stereocenters. The summed E-state index contributed by atoms with van der Waals surface area (Å²) in [5.41, 5.74) is 0.479. The Kier molecular flexibility index (Phi) is 4.69. The molecule has 0 saturated carbocycles. The lowest BCUT2D eigenvalue weighted by Crippen LogP contribution is -2.47. The van der Waals surface area contributed by atoms with Gasteiger partial charge in [0.15, 0.2) is 0 Å². The van der Waals surface area contributed by atoms with Crippen LogP contribution in [0.25, 0.3) is 0 Å². The van der Waals surface area contributed by atoms with Crippen molar-refractivity contribution >= 4 is 17.5 Å². The molecule has 0 radical (unpaired) electrons. The van der Waals surface area contributed by atoms with Crippen LogP contribution < -0.4 is 10.6 Å². The molecule has 1 aliphatic rings. The highest BCUT2D eigenvalue weighted by Gasteiger charge is 2.38. The first-order valence-electron chi connectivity index (χ1n) is 8.27. The number of amides is 2. The first-order chi connectivity index (χ1) is 12.0. The maximum atomic E-state index is 12.8. The Morgan fingerprint density at radius 1 is 1.28 bits per heavy atom. The summed E-state index contributed by atoms with van der Waals surface area (Å²) in [5.74, 6) is -0.369. The molecule has 2 aromatic rings. The fourth-order valence-corrected chi connectivity index (χ4v) is 3.14. The molecule has 25 heavy (non-hydrogen) atoms. The maximum Gasteiger partial charge on any atom is 0.345 e. The molecule has 2 heterocycles. The second-order valence-electron chi connectivity index (χ2n) is 5.99. The summed E-state index contributed by atoms with van der Waals surface area (Å²) < 4.78 is 2.42. The molecule has 8 heteroatoms. The van der Waals surface area contributed by atoms with E-state index in [1.165, 1.54) is 15.8 Å². The predicted molar refractivity (Wildman–Crippen MR) is 92.1 cm³/mol. The Morgan fingerprint density at radius 2 is 2.00 bits per heavy atom. The second kappa shape index (κ2) is 6.92. The number of para-hydroxylation sites is 1. The largest absolute Gasteiger partial charge is 0.345 e. The van der Waals surface area contributed by atoms with Crippen molar-refractivity contribution in [2.24, 2.45) is 7.05 Å². The van der Waals surface area contributed by atoms with Gasteiger partial charge in [0.25, 0.3) is 0 Å². The first-order valence-corrected chi connectivity index (χ1v) is 8.27. The van der Waals surface area contributed by atoms with Gasteiger partial charge in [0.05, 0.1) is 0 Å². The van der Waals surface area contributed by atoms with Gasteiger partial charge in [-0.05, 0) is 25.5 Å². The van der Waals surface area contributed by atoms with E-state index in [0.29, 0.717) is 19.5 Å². The SMILES string of the molecule is CCN(C(=O)Cn1ncn(C)c1=O)C1CCN(c2ccccc2)C1=O. The molecule has 1 aromatic carbocycles. The molecule has 0 aliphatic carbocycles. The van der Waals surface area contributed by atoms with Gasteiger partial charge in [-0.3, -0.25) is 14.2 Å². The van der Waals surface area contributed by atoms with Gasteiger partial charge >= 0.3 is 5.69 Å². The minimum absolute atomic E-state index is 0.0882. The van der Waals surface area contributed by atoms with Gasteiger partial charge in [0, 0.05) is 25.8 Å². The fourth-order valence-electron chi connectivity index (χ4n) is 3.14. The van der Waals surface area contributed by atoms with Crippen LogP contribution in [0.5, 0.6) is 0 Å². The van der Waals surface area contributed by atoms with Crippen molar-refractivity contribution in [3.8, 4) is 0 Å². The molecule has 0 bridgehead atoms. The number of aromatic nitrogens is 3. The minimum atomic E-state index is -0.503. The number of carbonyl (C=O) groups excluding carboxylic acids is 2. The lowest BCUT2D eigenvalue weighted by atomic mass is 10.2. The Hall–Kier alpha value is -2.90. The standard InChI is InChI=1S/C17H21N5O3/c1-3-20(15(23)11-22-17(25)19(2)12-18-22)14-9-10-21(16(14)24)13-7-5-4-6-8-13/h4-8,12,14H,3,9-11H2,1-2H3. The summed E-state index contributed by atoms with van der Waals surface area (Å²) in [6.07, 6.45) is 1.94. The molecular weight excluding hydrogens is 322 g/mol. The summed E-state index contributed by atoms with van der Waals surface area (Å²) in [6, 6.07) is 8.92. The second-order valence-corrected chi connectivity index (χ2v) is 5.99. The van der Waals surface area contributed by atoms with Crippen molar-refractivity contribution in [1.29, 1.82) is 0 Å². The molecule has 0 N–H and O–H groups in total. The number of benzene rings is 1. The number of anilines is 1. The molecule has 8 nitrogen and oxygen atoms in total. The highest BCUT2D eigenvalue weighted by molar-refractivity contribution is 6.01. The van der Waals surface area contributed by atoms with Crippen molar-refractivity contribution in [2.75, 3.05) is 18.0 Å². The summed E-state index contributed by atoms with van der Waals surface area (Å²) in [5, 5.41) is 3.90. The number of nitrogens with zero attached hydrogens (tertiary/aromatic N) is 5. The molecule has 0 spiro atoms. The van der Waals surface area contributed by atoms with Crippen LogP contribution in [0.2, 0.25) is 0 Å². The molecule has 1 unspecified atom stereocenters. The number of likely N-dealkylation sites (N-methyl/N-ethyl adjacent to an activating group) is 1. The van der Waals surface area contributed by atoms with E-state index in [2.05, 4.69) is 5.10 Å². The summed E-state index contributed by atoms with van der Waals surface area (Å²) in [4.78, 5) is 40.5. The van der Waals surface area contributed by atoms with Crippen LogP contribution in [-0.2, 0) is 23.2 Å². The Balaban J connectivity index is 1.75. The molecule has 1 aliphatic heterocycles. The Bertz CT molecular complexity index is 826. The number of hydrogen-bond acceptors (Lipinski definition) is 4. The average molecular weight is 343 g/mol. The highest BCUT2D eigenvalue weighted by atomic mass is 16.2. The van der Waals surface area contributed by atoms with E-state index in [1.54, 1.807) is 11.9 Å². The van der Waals surface area contributed by atoms with Crippen molar-refractivity contribution in [1.82, 2.24) is 19.2 Å². The number of rotatable bonds is 5. The zero-order valence-electron chi connectivity index (χ0n) is 14.3. The zero-order valence-corrected chi connectivity index (χ0v) is 14.3. The average Bonchev–Trinajstić information content (AvgIpc) is 3.14. The van der Waals surface area contributed by atoms with Crippen LogP contribution in [0.3, 0.4) is 0 Å². The van der Waals surface area contributed by atoms with E-state index in [-0.39, 0.29) is 24.0 Å². The lowest BCUT2D eigenvalue weighted by Gasteiger charge is -2.26. The van der Waals surface area contributed by atoms with Crippen LogP contribution in [0.15, 0.2) is 41.5 Å². The van der Waals surface area contributed by atoms with Crippen LogP contribution in [0.1, 0.15) is 13.3 Å². The highest BCUT2D eigenvalue weighted by Crippen LogP contribution is 2.24. The van der Waals surface area contributed by atoms with Crippen molar-refractivity contribution < 1.29 is 9.59 Å². The quantitative estimate of drug-likeness (QED) is 0.779. The van der Waals surface area contributed by atoms with E-state index >= 15 is 0 Å². The van der Waals surface area contributed by atoms with Crippen LogP contribution in [0, 0.1) is 0 Å². The van der Waals surface area contributed by atoms with Crippen molar-refractivity contribution in [3.05, 3.63) is 47.1 Å². The van der Waals surface area contributed by atoms with Crippen LogP contribution >= 0.6 is 0 Å². The van der Waals surface area contributed by atoms with Gasteiger partial charge in [0.2, 0.25) is 11.8 Å². The minimum Gasteiger partial charge on any atom is -0.329 e. The summed E-state index contributed by atoms with van der Waals surface area (Å²) >= 11 is 0. The zero-order chi connectivity index (χ0) is 18.0. The van der Waals surface area contributed by atoms with Gasteiger partial charge in [-0.25, -0.2) is 9.48 Å². The van der Waals surface area contributed by atoms with E-state index in [1.807, 2.05) is 37.3 Å². The molecule has 3 rings (SSSR count). The number of carbonyl (C=O) groups is 2. The Labute approximate surface area is 145 Å². The van der Waals surface area contributed by atoms with E-state index in [0.717, 1.165) is 10.4 Å². The fraction of sp³-hybridized carbons (Fsp3) is 0.412. The molecular formula is C17H21N5O3. The predicted octanol–water partition coefficient (Wildman–Crippen LogP) is 0.236. The summed E-state index contributed by atoms with van der Waals surface area (Å²) in [6.45, 7) is 2.64. The third-order valence-electron chi connectivity index (χ3n) is 4.45. The van der Waals surface area contributed by atoms with E-state index < -0.39 is 6.04 Å². The van der Waals surface area contributed by atoms with E-state index in [9.17, 15) is 14.4 Å². The van der Waals surface area contributed by atoms with Gasteiger partial charge in [0.1, 0.15) is 18.9 Å². The smallest absolute Gasteiger partial charge is 0.329 e. The van der Waals surface area contributed by atoms with Crippen LogP contribution in [-0.4, -0.2) is 50.2 Å². The first kappa shape index (κ1) is 16.9. The number of aryl methyl sites for hydroxylation is 1. The molecule has 1 fully saturated rings. The summed E-state index contributed by atoms with van der Waals surface area (Å²) in [7, 11) is 1.58. The third kappa shape index (κ3) is 3.19.